The Kier molecular flexibility index (Phi) is 7.19. The van der Waals surface area contributed by atoms with E-state index in [1.54, 1.807) is 0 Å². The number of nitrogens with zero attached hydrogens (tertiary/aromatic N) is 4. The molecule has 174 valence electrons. The number of hydrogen-bond acceptors (Lipinski definition) is 5. The maximum Gasteiger partial charge on any atom is 0.490 e. The van der Waals surface area contributed by atoms with Crippen molar-refractivity contribution in [1.29, 1.82) is 0 Å². The molecule has 11 heteroatoms. The highest BCUT2D eigenvalue weighted by molar-refractivity contribution is 5.97. The van der Waals surface area contributed by atoms with Crippen LogP contribution in [0.5, 0.6) is 0 Å². The summed E-state index contributed by atoms with van der Waals surface area (Å²) in [5.74, 6) is -2.59. The predicted molar refractivity (Wildman–Crippen MR) is 111 cm³/mol. The first-order valence-electron chi connectivity index (χ1n) is 10.2. The molecule has 2 aromatic rings. The molecule has 0 bridgehead atoms. The minimum absolute atomic E-state index is 0.166. The molecule has 2 N–H and O–H groups in total. The molecule has 1 aromatic carbocycles. The van der Waals surface area contributed by atoms with Crippen molar-refractivity contribution in [2.75, 3.05) is 25.0 Å². The first-order valence-corrected chi connectivity index (χ1v) is 10.2. The molecule has 2 aliphatic heterocycles. The van der Waals surface area contributed by atoms with Gasteiger partial charge in [0.05, 0.1) is 25.0 Å². The van der Waals surface area contributed by atoms with Crippen LogP contribution in [-0.4, -0.2) is 64.0 Å². The van der Waals surface area contributed by atoms with Gasteiger partial charge in [0.15, 0.2) is 0 Å². The van der Waals surface area contributed by atoms with E-state index in [-0.39, 0.29) is 11.9 Å². The summed E-state index contributed by atoms with van der Waals surface area (Å²) in [4.78, 5) is 25.8. The van der Waals surface area contributed by atoms with Gasteiger partial charge in [-0.25, -0.2) is 4.79 Å². The van der Waals surface area contributed by atoms with Crippen LogP contribution < -0.4 is 10.2 Å². The number of carboxylic acid groups (broad SMARTS) is 1. The number of carbonyl (C=O) groups excluding carboxylic acids is 1. The summed E-state index contributed by atoms with van der Waals surface area (Å²) in [6.07, 6.45) is -2.20. The summed E-state index contributed by atoms with van der Waals surface area (Å²) >= 11 is 0. The number of aliphatic carboxylic acids is 1. The van der Waals surface area contributed by atoms with E-state index in [4.69, 9.17) is 9.90 Å². The molecule has 0 spiro atoms. The monoisotopic (exact) mass is 453 g/mol. The van der Waals surface area contributed by atoms with Crippen LogP contribution in [0.4, 0.5) is 18.9 Å². The molecule has 3 heterocycles. The van der Waals surface area contributed by atoms with Crippen LogP contribution in [-0.2, 0) is 35.6 Å². The number of alkyl halides is 3. The maximum absolute atomic E-state index is 12.9. The normalized spacial score (nSPS) is 17.4. The van der Waals surface area contributed by atoms with Crippen LogP contribution in [0.15, 0.2) is 30.5 Å². The molecule has 0 saturated heterocycles. The van der Waals surface area contributed by atoms with Gasteiger partial charge < -0.3 is 15.3 Å². The van der Waals surface area contributed by atoms with Crippen LogP contribution in [0.2, 0.25) is 0 Å². The molecule has 4 rings (SSSR count). The van der Waals surface area contributed by atoms with Gasteiger partial charge in [0.2, 0.25) is 5.91 Å². The van der Waals surface area contributed by atoms with E-state index in [1.807, 2.05) is 30.3 Å². The number of rotatable bonds is 4. The Hall–Kier alpha value is -2.92. The fourth-order valence-electron chi connectivity index (χ4n) is 3.97. The van der Waals surface area contributed by atoms with Gasteiger partial charge in [-0.1, -0.05) is 18.2 Å². The third kappa shape index (κ3) is 5.46. The Morgan fingerprint density at radius 2 is 2.00 bits per heavy atom. The van der Waals surface area contributed by atoms with Gasteiger partial charge in [-0.2, -0.15) is 18.3 Å². The van der Waals surface area contributed by atoms with Gasteiger partial charge in [-0.3, -0.25) is 14.4 Å². The minimum Gasteiger partial charge on any atom is -0.475 e. The number of halogens is 3. The number of fused-ring (bicyclic) bond motifs is 2. The lowest BCUT2D eigenvalue weighted by Crippen LogP contribution is -2.42. The molecule has 0 radical (unpaired) electrons. The molecule has 0 aliphatic carbocycles. The number of carbonyl (C=O) groups is 2. The average molecular weight is 453 g/mol. The highest BCUT2D eigenvalue weighted by Crippen LogP contribution is 2.31. The first kappa shape index (κ1) is 23.7. The summed E-state index contributed by atoms with van der Waals surface area (Å²) in [6.45, 7) is 6.02. The number of likely N-dealkylation sites (N-methyl/N-ethyl adjacent to an activating group) is 1. The number of nitrogens with one attached hydrogen (secondary N) is 1. The van der Waals surface area contributed by atoms with Crippen LogP contribution in [0, 0.1) is 0 Å². The summed E-state index contributed by atoms with van der Waals surface area (Å²) in [6, 6.07) is 8.45. The fourth-order valence-corrected chi connectivity index (χ4v) is 3.97. The molecule has 2 aliphatic rings. The number of carboxylic acids is 1. The van der Waals surface area contributed by atoms with E-state index in [2.05, 4.69) is 39.1 Å². The lowest BCUT2D eigenvalue weighted by atomic mass is 10.1. The zero-order valence-corrected chi connectivity index (χ0v) is 17.9. The number of aromatic nitrogens is 2. The van der Waals surface area contributed by atoms with Crippen molar-refractivity contribution in [3.63, 3.8) is 0 Å². The summed E-state index contributed by atoms with van der Waals surface area (Å²) in [5, 5.41) is 15.0. The Morgan fingerprint density at radius 3 is 2.69 bits per heavy atom. The van der Waals surface area contributed by atoms with Gasteiger partial charge in [-0.05, 0) is 32.0 Å². The van der Waals surface area contributed by atoms with Crippen LogP contribution >= 0.6 is 0 Å². The third-order valence-electron chi connectivity index (χ3n) is 5.39. The molecule has 1 atom stereocenters. The minimum atomic E-state index is -5.08. The van der Waals surface area contributed by atoms with E-state index >= 15 is 0 Å². The number of para-hydroxylation sites is 1. The zero-order valence-electron chi connectivity index (χ0n) is 17.9. The van der Waals surface area contributed by atoms with Crippen LogP contribution in [0.25, 0.3) is 0 Å². The van der Waals surface area contributed by atoms with Crippen molar-refractivity contribution in [2.24, 2.45) is 0 Å². The highest BCUT2D eigenvalue weighted by Gasteiger charge is 2.38. The van der Waals surface area contributed by atoms with Crippen molar-refractivity contribution in [3.05, 3.63) is 47.3 Å². The number of anilines is 1. The second-order valence-corrected chi connectivity index (χ2v) is 7.94. The lowest BCUT2D eigenvalue weighted by Gasteiger charge is -2.26. The van der Waals surface area contributed by atoms with Crippen molar-refractivity contribution < 1.29 is 27.9 Å². The van der Waals surface area contributed by atoms with E-state index < -0.39 is 12.1 Å². The zero-order chi connectivity index (χ0) is 23.5. The summed E-state index contributed by atoms with van der Waals surface area (Å²) in [7, 11) is 2.00. The van der Waals surface area contributed by atoms with Crippen molar-refractivity contribution >= 4 is 17.6 Å². The number of hydrogen-bond donors (Lipinski definition) is 2. The Balaban J connectivity index is 0.000000360. The molecular weight excluding hydrogens is 427 g/mol. The molecule has 32 heavy (non-hydrogen) atoms. The predicted octanol–water partition coefficient (Wildman–Crippen LogP) is 2.03. The fraction of sp³-hybridized carbons (Fsp3) is 0.476. The Labute approximate surface area is 183 Å². The molecule has 1 aromatic heterocycles. The molecule has 1 amide bonds. The van der Waals surface area contributed by atoms with E-state index in [1.165, 1.54) is 16.8 Å². The second kappa shape index (κ2) is 9.70. The number of amides is 1. The van der Waals surface area contributed by atoms with E-state index in [0.29, 0.717) is 6.54 Å². The molecule has 0 saturated carbocycles. The van der Waals surface area contributed by atoms with E-state index in [0.717, 1.165) is 38.3 Å². The van der Waals surface area contributed by atoms with Gasteiger partial charge >= 0.3 is 12.1 Å². The van der Waals surface area contributed by atoms with Gasteiger partial charge in [0.25, 0.3) is 0 Å². The molecule has 8 nitrogen and oxygen atoms in total. The molecular formula is C21H26F3N5O3. The molecule has 0 fully saturated rings. The summed E-state index contributed by atoms with van der Waals surface area (Å²) < 4.78 is 33.8. The lowest BCUT2D eigenvalue weighted by molar-refractivity contribution is -0.192. The quantitative estimate of drug-likeness (QED) is 0.736. The van der Waals surface area contributed by atoms with Gasteiger partial charge in [0, 0.05) is 36.9 Å². The largest absolute Gasteiger partial charge is 0.490 e. The van der Waals surface area contributed by atoms with Crippen LogP contribution in [0.3, 0.4) is 0 Å². The summed E-state index contributed by atoms with van der Waals surface area (Å²) in [5.41, 5.74) is 4.78. The highest BCUT2D eigenvalue weighted by atomic mass is 19.4. The van der Waals surface area contributed by atoms with Gasteiger partial charge in [-0.15, -0.1) is 0 Å². The standard InChI is InChI=1S/C19H25N5O.C2HF3O2/c1-14-9-15-5-3-4-6-17(15)24(14)19(25)13-22(2)12-16-10-21-23-8-7-20-11-18(16)23;3-2(4,5)1(6)7/h3-6,10,14,20H,7-9,11-13H2,1-2H3;(H,6,7). The SMILES string of the molecule is CC1Cc2ccccc2N1C(=O)CN(C)Cc1cnn2c1CNCC2.O=C(O)C(F)(F)F. The topological polar surface area (TPSA) is 90.7 Å². The van der Waals surface area contributed by atoms with Crippen molar-refractivity contribution in [2.45, 2.75) is 45.2 Å². The van der Waals surface area contributed by atoms with Gasteiger partial charge in [0.1, 0.15) is 0 Å². The smallest absolute Gasteiger partial charge is 0.475 e. The van der Waals surface area contributed by atoms with E-state index in [9.17, 15) is 18.0 Å². The second-order valence-electron chi connectivity index (χ2n) is 7.94. The molecule has 1 unspecified atom stereocenters. The first-order chi connectivity index (χ1) is 15.1. The third-order valence-corrected chi connectivity index (χ3v) is 5.39. The number of benzene rings is 1. The Morgan fingerprint density at radius 1 is 1.31 bits per heavy atom. The van der Waals surface area contributed by atoms with Crippen molar-refractivity contribution in [3.8, 4) is 0 Å². The Bertz CT molecular complexity index is 976. The van der Waals surface area contributed by atoms with Crippen LogP contribution in [0.1, 0.15) is 23.7 Å². The average Bonchev–Trinajstić information content (AvgIpc) is 3.27. The van der Waals surface area contributed by atoms with Crippen molar-refractivity contribution in [1.82, 2.24) is 20.0 Å². The maximum atomic E-state index is 12.9.